The topological polar surface area (TPSA) is 31.0 Å². The van der Waals surface area contributed by atoms with Gasteiger partial charge in [-0.15, -0.1) is 6.42 Å². The first-order valence-electron chi connectivity index (χ1n) is 7.20. The summed E-state index contributed by atoms with van der Waals surface area (Å²) >= 11 is 0. The molecule has 1 aliphatic rings. The van der Waals surface area contributed by atoms with Crippen LogP contribution in [0.5, 0.6) is 0 Å². The van der Waals surface area contributed by atoms with Crippen molar-refractivity contribution in [2.45, 2.75) is 6.10 Å². The van der Waals surface area contributed by atoms with Crippen LogP contribution < -0.4 is 0 Å². The Labute approximate surface area is 154 Å². The fourth-order valence-corrected chi connectivity index (χ4v) is 1.03. The van der Waals surface area contributed by atoms with Crippen molar-refractivity contribution in [2.75, 3.05) is 26.4 Å². The second kappa shape index (κ2) is 15.6. The molecule has 0 aromatic carbocycles. The van der Waals surface area contributed by atoms with Gasteiger partial charge in [0.05, 0.1) is 19.8 Å². The summed E-state index contributed by atoms with van der Waals surface area (Å²) in [6.45, 7) is 2.22. The second-order valence-corrected chi connectivity index (χ2v) is 4.00. The normalized spacial score (nSPS) is 10.8. The molecule has 0 spiro atoms. The van der Waals surface area contributed by atoms with Gasteiger partial charge in [0.2, 0.25) is 0 Å². The highest BCUT2D eigenvalue weighted by Gasteiger charge is 2.21. The van der Waals surface area contributed by atoms with Gasteiger partial charge in [-0.3, -0.25) is 0 Å². The second-order valence-electron chi connectivity index (χ2n) is 4.00. The molecule has 1 rings (SSSR count). The highest BCUT2D eigenvalue weighted by Crippen LogP contribution is 2.07. The van der Waals surface area contributed by atoms with Crippen LogP contribution in [-0.4, -0.2) is 32.5 Å². The number of hydrogen-bond acceptors (Lipinski definition) is 3. The van der Waals surface area contributed by atoms with Crippen LogP contribution >= 0.6 is 0 Å². The van der Waals surface area contributed by atoms with E-state index in [1.165, 1.54) is 0 Å². The number of ether oxygens (including phenoxy) is 3. The third-order valence-corrected chi connectivity index (χ3v) is 2.11. The molecular formula is C23H10O3. The van der Waals surface area contributed by atoms with Crippen molar-refractivity contribution in [1.82, 2.24) is 0 Å². The van der Waals surface area contributed by atoms with Gasteiger partial charge in [-0.1, -0.05) is 0 Å². The Kier molecular flexibility index (Phi) is 11.9. The maximum absolute atomic E-state index is 5.26. The van der Waals surface area contributed by atoms with Crippen LogP contribution in [0, 0.1) is 107 Å². The van der Waals surface area contributed by atoms with Gasteiger partial charge in [-0.25, -0.2) is 0 Å². The fourth-order valence-electron chi connectivity index (χ4n) is 1.03. The predicted octanol–water partition coefficient (Wildman–Crippen LogP) is 0.0363. The molecule has 3 nitrogen and oxygen atoms in total. The minimum atomic E-state index is 0.256. The van der Waals surface area contributed by atoms with Crippen LogP contribution in [0.1, 0.15) is 0 Å². The Bertz CT molecular complexity index is 1020. The van der Waals surface area contributed by atoms with Crippen molar-refractivity contribution in [3.05, 3.63) is 0 Å². The van der Waals surface area contributed by atoms with Gasteiger partial charge in [-0.05, 0) is 47.4 Å². The summed E-state index contributed by atoms with van der Waals surface area (Å²) < 4.78 is 15.2. The van der Waals surface area contributed by atoms with Gasteiger partial charge in [0.15, 0.2) is 0 Å². The van der Waals surface area contributed by atoms with Gasteiger partial charge in [0.25, 0.3) is 0 Å². The van der Waals surface area contributed by atoms with E-state index in [0.29, 0.717) is 19.8 Å². The van der Waals surface area contributed by atoms with Crippen LogP contribution in [-0.2, 0) is 14.2 Å². The molecule has 0 saturated carbocycles. The van der Waals surface area contributed by atoms with Crippen LogP contribution in [0.2, 0.25) is 0 Å². The van der Waals surface area contributed by atoms with E-state index in [4.69, 9.17) is 20.6 Å². The monoisotopic (exact) mass is 334 g/mol. The molecule has 3 heteroatoms. The van der Waals surface area contributed by atoms with E-state index in [9.17, 15) is 0 Å². The Morgan fingerprint density at radius 3 is 1.62 bits per heavy atom. The lowest BCUT2D eigenvalue weighted by molar-refractivity contribution is 0.0800. The summed E-state index contributed by atoms with van der Waals surface area (Å²) in [5.41, 5.74) is 0. The molecule has 1 aliphatic heterocycles. The summed E-state index contributed by atoms with van der Waals surface area (Å²) in [5.74, 6) is 39.3. The molecule has 26 heavy (non-hydrogen) atoms. The smallest absolute Gasteiger partial charge is 0.124 e. The number of terminal acetylenes is 1. The summed E-state index contributed by atoms with van der Waals surface area (Å²) in [6.07, 6.45) is 7.60. The molecule has 0 amide bonds. The average molecular weight is 334 g/mol. The lowest BCUT2D eigenvalue weighted by atomic mass is 10.5. The largest absolute Gasteiger partial charge is 0.443 e. The first kappa shape index (κ1) is 19.8. The molecule has 0 aromatic rings. The molecule has 1 unspecified atom stereocenters. The summed E-state index contributed by atoms with van der Waals surface area (Å²) in [6, 6.07) is 0. The maximum Gasteiger partial charge on any atom is 0.124 e. The van der Waals surface area contributed by atoms with E-state index in [1.807, 2.05) is 0 Å². The van der Waals surface area contributed by atoms with E-state index in [-0.39, 0.29) is 6.10 Å². The predicted molar refractivity (Wildman–Crippen MR) is 97.6 cm³/mol. The third kappa shape index (κ3) is 14.7. The van der Waals surface area contributed by atoms with E-state index in [0.717, 1.165) is 6.61 Å². The minimum Gasteiger partial charge on any atom is -0.443 e. The lowest BCUT2D eigenvalue weighted by Gasteiger charge is -1.98. The van der Waals surface area contributed by atoms with Gasteiger partial charge in [0, 0.05) is 47.4 Å². The maximum atomic E-state index is 5.26. The molecule has 1 saturated heterocycles. The highest BCUT2D eigenvalue weighted by atomic mass is 16.6. The molecule has 1 atom stereocenters. The molecule has 0 bridgehead atoms. The van der Waals surface area contributed by atoms with Crippen molar-refractivity contribution in [3.63, 3.8) is 0 Å². The Morgan fingerprint density at radius 2 is 1.15 bits per heavy atom. The zero-order valence-electron chi connectivity index (χ0n) is 13.7. The molecule has 0 aliphatic carbocycles. The number of hydrogen-bond donors (Lipinski definition) is 0. The summed E-state index contributed by atoms with van der Waals surface area (Å²) in [5, 5.41) is 0. The molecule has 120 valence electrons. The highest BCUT2D eigenvalue weighted by molar-refractivity contribution is 5.46. The van der Waals surface area contributed by atoms with E-state index in [2.05, 4.69) is 101 Å². The quantitative estimate of drug-likeness (QED) is 0.404. The average Bonchev–Trinajstić information content (AvgIpc) is 3.47. The van der Waals surface area contributed by atoms with E-state index in [1.54, 1.807) is 0 Å². The Morgan fingerprint density at radius 1 is 0.692 bits per heavy atom. The molecule has 1 fully saturated rings. The molecule has 0 N–H and O–H groups in total. The van der Waals surface area contributed by atoms with Gasteiger partial charge >= 0.3 is 0 Å². The molecular weight excluding hydrogens is 324 g/mol. The molecule has 1 heterocycles. The van der Waals surface area contributed by atoms with Crippen molar-refractivity contribution in [3.8, 4) is 107 Å². The minimum absolute atomic E-state index is 0.256. The van der Waals surface area contributed by atoms with Gasteiger partial charge < -0.3 is 14.2 Å². The van der Waals surface area contributed by atoms with Crippen molar-refractivity contribution >= 4 is 0 Å². The van der Waals surface area contributed by atoms with E-state index < -0.39 is 0 Å². The van der Waals surface area contributed by atoms with Gasteiger partial charge in [-0.2, -0.15) is 0 Å². The number of rotatable bonds is 5. The first-order valence-corrected chi connectivity index (χ1v) is 7.20. The fraction of sp³-hybridized carbons (Fsp3) is 0.217. The SMILES string of the molecule is C#CC#CC#CC#CC#CC#CC#CC#CC#COCCOCC1CO1. The Hall–Kier alpha value is -4.24. The zero-order valence-corrected chi connectivity index (χ0v) is 13.7. The van der Waals surface area contributed by atoms with Crippen LogP contribution in [0.15, 0.2) is 0 Å². The van der Waals surface area contributed by atoms with Crippen molar-refractivity contribution in [1.29, 1.82) is 0 Å². The standard InChI is InChI=1S/C23H10O3/c1-2-3-4-5-6-7-8-9-10-11-12-13-14-15-16-17-18-24-19-20-25-21-23-22-26-23/h1,23H,19-22H2. The summed E-state index contributed by atoms with van der Waals surface area (Å²) in [7, 11) is 0. The lowest BCUT2D eigenvalue weighted by Crippen LogP contribution is -2.06. The molecule has 0 radical (unpaired) electrons. The van der Waals surface area contributed by atoms with Crippen LogP contribution in [0.3, 0.4) is 0 Å². The van der Waals surface area contributed by atoms with Crippen LogP contribution in [0.4, 0.5) is 0 Å². The summed E-state index contributed by atoms with van der Waals surface area (Å²) in [4.78, 5) is 0. The third-order valence-electron chi connectivity index (χ3n) is 2.11. The molecule has 0 aromatic heterocycles. The number of epoxide rings is 1. The first-order chi connectivity index (χ1) is 12.9. The van der Waals surface area contributed by atoms with Crippen LogP contribution in [0.25, 0.3) is 0 Å². The van der Waals surface area contributed by atoms with Gasteiger partial charge in [0.1, 0.15) is 18.8 Å². The van der Waals surface area contributed by atoms with E-state index >= 15 is 0 Å². The van der Waals surface area contributed by atoms with Crippen molar-refractivity contribution < 1.29 is 14.2 Å². The zero-order chi connectivity index (χ0) is 18.5. The Balaban J connectivity index is 2.16. The van der Waals surface area contributed by atoms with Crippen molar-refractivity contribution in [2.24, 2.45) is 0 Å².